The van der Waals surface area contributed by atoms with E-state index in [4.69, 9.17) is 0 Å². The first-order chi connectivity index (χ1) is 6.24. The van der Waals surface area contributed by atoms with Crippen LogP contribution in [0.25, 0.3) is 0 Å². The van der Waals surface area contributed by atoms with E-state index >= 15 is 0 Å². The van der Waals surface area contributed by atoms with Crippen LogP contribution in [0.2, 0.25) is 0 Å². The molecule has 2 aromatic heterocycles. The molecule has 0 aromatic carbocycles. The lowest BCUT2D eigenvalue weighted by atomic mass is 10.8. The van der Waals surface area contributed by atoms with Gasteiger partial charge in [-0.1, -0.05) is 0 Å². The Labute approximate surface area is 77.3 Å². The average Bonchev–Trinajstić information content (AvgIpc) is 2.62. The third kappa shape index (κ3) is 1.77. The van der Waals surface area contributed by atoms with Crippen LogP contribution < -0.4 is 9.13 Å². The van der Waals surface area contributed by atoms with E-state index in [2.05, 4.69) is 12.7 Å². The zero-order valence-corrected chi connectivity index (χ0v) is 7.81. The molecule has 0 atom stereocenters. The number of imidazole rings is 2. The SMILES string of the molecule is C[n+]1[c-]n(Cn2[c-][n+](C)cc2)cc1. The summed E-state index contributed by atoms with van der Waals surface area (Å²) in [4.78, 5) is 0. The third-order valence-corrected chi connectivity index (χ3v) is 1.82. The summed E-state index contributed by atoms with van der Waals surface area (Å²) in [5.74, 6) is 0. The van der Waals surface area contributed by atoms with Gasteiger partial charge in [-0.15, -0.1) is 0 Å². The number of hydrogen-bond acceptors (Lipinski definition) is 0. The van der Waals surface area contributed by atoms with Crippen LogP contribution in [0.4, 0.5) is 0 Å². The van der Waals surface area contributed by atoms with Crippen molar-refractivity contribution in [3.05, 3.63) is 37.4 Å². The summed E-state index contributed by atoms with van der Waals surface area (Å²) in [5, 5.41) is 0. The van der Waals surface area contributed by atoms with Gasteiger partial charge in [-0.05, 0) is 24.8 Å². The monoisotopic (exact) mass is 176 g/mol. The Hall–Kier alpha value is -1.58. The van der Waals surface area contributed by atoms with Crippen LogP contribution in [0, 0.1) is 12.7 Å². The summed E-state index contributed by atoms with van der Waals surface area (Å²) in [5.41, 5.74) is 0. The smallest absolute Gasteiger partial charge is 0.206 e. The maximum atomic E-state index is 3.12. The molecule has 0 saturated heterocycles. The molecule has 68 valence electrons. The molecule has 2 aromatic rings. The summed E-state index contributed by atoms with van der Waals surface area (Å²) in [6, 6.07) is 0. The van der Waals surface area contributed by atoms with Crippen LogP contribution in [0.15, 0.2) is 24.8 Å². The minimum atomic E-state index is 0.752. The fraction of sp³-hybridized carbons (Fsp3) is 0.333. The molecule has 0 unspecified atom stereocenters. The topological polar surface area (TPSA) is 17.6 Å². The summed E-state index contributed by atoms with van der Waals surface area (Å²) < 4.78 is 7.72. The Bertz CT molecular complexity index is 361. The largest absolute Gasteiger partial charge is 0.354 e. The molecule has 0 saturated carbocycles. The standard InChI is InChI=1S/C9H12N4/c1-10-3-5-12(7-10)9-13-6-4-11(2)8-13/h3-6H,9H2,1-2H3. The van der Waals surface area contributed by atoms with Crippen molar-refractivity contribution < 1.29 is 9.13 Å². The van der Waals surface area contributed by atoms with Crippen LogP contribution in [-0.4, -0.2) is 9.13 Å². The van der Waals surface area contributed by atoms with Gasteiger partial charge in [0.2, 0.25) is 12.7 Å². The molecule has 13 heavy (non-hydrogen) atoms. The van der Waals surface area contributed by atoms with E-state index < -0.39 is 0 Å². The fourth-order valence-corrected chi connectivity index (χ4v) is 1.22. The second-order valence-corrected chi connectivity index (χ2v) is 3.10. The molecule has 0 aliphatic carbocycles. The number of hydrogen-bond donors (Lipinski definition) is 0. The maximum Gasteiger partial charge on any atom is 0.206 e. The van der Waals surface area contributed by atoms with Gasteiger partial charge in [0, 0.05) is 0 Å². The Kier molecular flexibility index (Phi) is 1.88. The minimum absolute atomic E-state index is 0.752. The van der Waals surface area contributed by atoms with Crippen molar-refractivity contribution in [2.24, 2.45) is 14.1 Å². The van der Waals surface area contributed by atoms with Gasteiger partial charge >= 0.3 is 0 Å². The first kappa shape index (κ1) is 8.04. The van der Waals surface area contributed by atoms with Gasteiger partial charge in [0.25, 0.3) is 0 Å². The van der Waals surface area contributed by atoms with E-state index in [1.54, 1.807) is 0 Å². The van der Waals surface area contributed by atoms with E-state index in [-0.39, 0.29) is 0 Å². The van der Waals surface area contributed by atoms with Gasteiger partial charge in [-0.2, -0.15) is 0 Å². The van der Waals surface area contributed by atoms with Gasteiger partial charge in [-0.3, -0.25) is 0 Å². The molecule has 0 amide bonds. The normalized spacial score (nSPS) is 10.6. The lowest BCUT2D eigenvalue weighted by molar-refractivity contribution is -0.676. The highest BCUT2D eigenvalue weighted by Crippen LogP contribution is 1.86. The predicted octanol–water partition coefficient (Wildman–Crippen LogP) is -0.955. The maximum absolute atomic E-state index is 3.12. The van der Waals surface area contributed by atoms with Gasteiger partial charge in [-0.25, -0.2) is 0 Å². The first-order valence-corrected chi connectivity index (χ1v) is 4.12. The van der Waals surface area contributed by atoms with Crippen molar-refractivity contribution in [2.75, 3.05) is 0 Å². The van der Waals surface area contributed by atoms with Crippen LogP contribution in [-0.2, 0) is 20.8 Å². The lowest BCUT2D eigenvalue weighted by Gasteiger charge is -1.99. The van der Waals surface area contributed by atoms with Gasteiger partial charge < -0.3 is 18.3 Å². The second kappa shape index (κ2) is 3.05. The molecule has 0 N–H and O–H groups in total. The molecule has 4 nitrogen and oxygen atoms in total. The number of nitrogens with zero attached hydrogens (tertiary/aromatic N) is 4. The van der Waals surface area contributed by atoms with Crippen LogP contribution in [0.3, 0.4) is 0 Å². The minimum Gasteiger partial charge on any atom is -0.354 e. The number of aryl methyl sites for hydroxylation is 2. The van der Waals surface area contributed by atoms with Gasteiger partial charge in [0.15, 0.2) is 6.67 Å². The average molecular weight is 176 g/mol. The summed E-state index contributed by atoms with van der Waals surface area (Å²) in [6.07, 6.45) is 14.1. The van der Waals surface area contributed by atoms with E-state index in [1.807, 2.05) is 57.2 Å². The van der Waals surface area contributed by atoms with Crippen LogP contribution >= 0.6 is 0 Å². The summed E-state index contributed by atoms with van der Waals surface area (Å²) in [6.45, 7) is 0.752. The second-order valence-electron chi connectivity index (χ2n) is 3.10. The Morgan fingerprint density at radius 2 is 1.46 bits per heavy atom. The highest BCUT2D eigenvalue weighted by molar-refractivity contribution is 4.69. The first-order valence-electron chi connectivity index (χ1n) is 4.12. The van der Waals surface area contributed by atoms with Crippen LogP contribution in [0.5, 0.6) is 0 Å². The molecule has 2 rings (SSSR count). The molecular weight excluding hydrogens is 164 g/mol. The fourth-order valence-electron chi connectivity index (χ4n) is 1.22. The van der Waals surface area contributed by atoms with Crippen molar-refractivity contribution in [3.63, 3.8) is 0 Å². The molecule has 0 aliphatic heterocycles. The van der Waals surface area contributed by atoms with E-state index in [0.29, 0.717) is 0 Å². The van der Waals surface area contributed by atoms with Crippen molar-refractivity contribution in [1.82, 2.24) is 9.13 Å². The van der Waals surface area contributed by atoms with Crippen molar-refractivity contribution in [1.29, 1.82) is 0 Å². The quantitative estimate of drug-likeness (QED) is 0.414. The molecule has 4 heteroatoms. The van der Waals surface area contributed by atoms with E-state index in [9.17, 15) is 0 Å². The molecule has 0 aliphatic rings. The third-order valence-electron chi connectivity index (χ3n) is 1.82. The number of rotatable bonds is 2. The molecule has 2 heterocycles. The highest BCUT2D eigenvalue weighted by Gasteiger charge is 1.95. The lowest BCUT2D eigenvalue weighted by Crippen LogP contribution is -2.26. The molecular formula is C9H12N4. The number of aromatic nitrogens is 4. The van der Waals surface area contributed by atoms with Gasteiger partial charge in [0.05, 0.1) is 14.1 Å². The molecule has 0 spiro atoms. The molecule has 0 bridgehead atoms. The molecule has 0 fully saturated rings. The zero-order chi connectivity index (χ0) is 9.26. The van der Waals surface area contributed by atoms with Crippen molar-refractivity contribution in [3.8, 4) is 0 Å². The summed E-state index contributed by atoms with van der Waals surface area (Å²) >= 11 is 0. The Morgan fingerprint density at radius 3 is 1.77 bits per heavy atom. The van der Waals surface area contributed by atoms with Crippen molar-refractivity contribution in [2.45, 2.75) is 6.67 Å². The zero-order valence-electron chi connectivity index (χ0n) is 7.81. The Morgan fingerprint density at radius 1 is 1.00 bits per heavy atom. The predicted molar refractivity (Wildman–Crippen MR) is 44.3 cm³/mol. The van der Waals surface area contributed by atoms with Gasteiger partial charge in [0.1, 0.15) is 0 Å². The molecule has 0 radical (unpaired) electrons. The van der Waals surface area contributed by atoms with Crippen molar-refractivity contribution >= 4 is 0 Å². The highest BCUT2D eigenvalue weighted by atomic mass is 15.2. The Balaban J connectivity index is 2.14. The van der Waals surface area contributed by atoms with E-state index in [1.165, 1.54) is 0 Å². The summed E-state index contributed by atoms with van der Waals surface area (Å²) in [7, 11) is 3.91. The van der Waals surface area contributed by atoms with Crippen LogP contribution in [0.1, 0.15) is 0 Å². The van der Waals surface area contributed by atoms with E-state index in [0.717, 1.165) is 6.67 Å².